The number of fused-ring (bicyclic) bond motifs is 1. The minimum atomic E-state index is -3.27. The molecule has 2 aliphatic carbocycles. The van der Waals surface area contributed by atoms with E-state index in [0.29, 0.717) is 28.1 Å². The molecule has 3 heteroatoms. The normalized spacial score (nSPS) is 26.8. The Kier molecular flexibility index (Phi) is 2.86. The number of hydrogen-bond donors (Lipinski definition) is 0. The molecule has 0 amide bonds. The molecule has 0 aliphatic heterocycles. The Bertz CT molecular complexity index is 597. The highest BCUT2D eigenvalue weighted by molar-refractivity contribution is 7.95. The van der Waals surface area contributed by atoms with Gasteiger partial charge in [0.2, 0.25) is 9.84 Å². The molecular weight excluding hydrogens is 244 g/mol. The van der Waals surface area contributed by atoms with Gasteiger partial charge in [-0.05, 0) is 43.2 Å². The molecule has 0 fully saturated rings. The third kappa shape index (κ3) is 1.93. The lowest BCUT2D eigenvalue weighted by molar-refractivity contribution is 0.409. The van der Waals surface area contributed by atoms with Crippen molar-refractivity contribution in [3.63, 3.8) is 0 Å². The average Bonchev–Trinajstić information content (AvgIpc) is 2.87. The van der Waals surface area contributed by atoms with Crippen LogP contribution in [-0.4, -0.2) is 8.42 Å². The second-order valence-electron chi connectivity index (χ2n) is 5.01. The van der Waals surface area contributed by atoms with E-state index >= 15 is 0 Å². The zero-order valence-corrected chi connectivity index (χ0v) is 10.9. The molecule has 2 aliphatic rings. The van der Waals surface area contributed by atoms with Crippen LogP contribution >= 0.6 is 0 Å². The molecule has 0 spiro atoms. The summed E-state index contributed by atoms with van der Waals surface area (Å²) in [6, 6.07) is 8.74. The van der Waals surface area contributed by atoms with Gasteiger partial charge in [-0.1, -0.05) is 36.4 Å². The minimum absolute atomic E-state index is 0.417. The second-order valence-corrected chi connectivity index (χ2v) is 7.02. The maximum Gasteiger partial charge on any atom is 0.202 e. The summed E-state index contributed by atoms with van der Waals surface area (Å²) >= 11 is 0. The Morgan fingerprint density at radius 1 is 1.06 bits per heavy atom. The molecule has 2 atom stereocenters. The maximum absolute atomic E-state index is 12.5. The number of rotatable bonds is 2. The Morgan fingerprint density at radius 3 is 2.61 bits per heavy atom. The standard InChI is InChI=1S/C15H16O2S/c16-18(17,14-7-2-1-3-8-14)15-10-9-12-5-4-6-13(12)11-15/h1-5,7-8,10,12-13H,6,9,11H2. The first-order chi connectivity index (χ1) is 8.68. The Morgan fingerprint density at radius 2 is 1.83 bits per heavy atom. The summed E-state index contributed by atoms with van der Waals surface area (Å²) in [6.07, 6.45) is 8.90. The fourth-order valence-corrected chi connectivity index (χ4v) is 4.41. The van der Waals surface area contributed by atoms with E-state index in [0.717, 1.165) is 12.8 Å². The van der Waals surface area contributed by atoms with E-state index < -0.39 is 9.84 Å². The molecule has 1 aromatic carbocycles. The van der Waals surface area contributed by atoms with Crippen molar-refractivity contribution in [2.24, 2.45) is 11.8 Å². The highest BCUT2D eigenvalue weighted by atomic mass is 32.2. The molecule has 0 saturated heterocycles. The van der Waals surface area contributed by atoms with Gasteiger partial charge in [0.15, 0.2) is 0 Å². The van der Waals surface area contributed by atoms with Crippen LogP contribution in [0.2, 0.25) is 0 Å². The summed E-state index contributed by atoms with van der Waals surface area (Å²) in [6.45, 7) is 0. The monoisotopic (exact) mass is 260 g/mol. The predicted octanol–water partition coefficient (Wildman–Crippen LogP) is 3.33. The van der Waals surface area contributed by atoms with Crippen molar-refractivity contribution in [2.75, 3.05) is 0 Å². The van der Waals surface area contributed by atoms with Crippen molar-refractivity contribution in [3.8, 4) is 0 Å². The van der Waals surface area contributed by atoms with Crippen molar-refractivity contribution in [1.29, 1.82) is 0 Å². The molecule has 0 bridgehead atoms. The number of allylic oxidation sites excluding steroid dienone is 4. The molecule has 3 rings (SSSR count). The zero-order valence-electron chi connectivity index (χ0n) is 10.1. The number of sulfone groups is 1. The van der Waals surface area contributed by atoms with E-state index in [1.54, 1.807) is 24.3 Å². The summed E-state index contributed by atoms with van der Waals surface area (Å²) in [5.41, 5.74) is 0. The van der Waals surface area contributed by atoms with Crippen LogP contribution in [0.1, 0.15) is 19.3 Å². The topological polar surface area (TPSA) is 34.1 Å². The summed E-state index contributed by atoms with van der Waals surface area (Å²) in [4.78, 5) is 1.03. The summed E-state index contributed by atoms with van der Waals surface area (Å²) in [7, 11) is -3.27. The molecule has 1 aromatic rings. The van der Waals surface area contributed by atoms with Crippen molar-refractivity contribution in [1.82, 2.24) is 0 Å². The molecule has 2 nitrogen and oxygen atoms in total. The van der Waals surface area contributed by atoms with Gasteiger partial charge in [0.1, 0.15) is 0 Å². The Hall–Kier alpha value is -1.35. The Balaban J connectivity index is 1.92. The van der Waals surface area contributed by atoms with Crippen molar-refractivity contribution >= 4 is 9.84 Å². The van der Waals surface area contributed by atoms with Gasteiger partial charge in [-0.3, -0.25) is 0 Å². The summed E-state index contributed by atoms with van der Waals surface area (Å²) in [5, 5.41) is 0. The van der Waals surface area contributed by atoms with E-state index in [-0.39, 0.29) is 0 Å². The lowest BCUT2D eigenvalue weighted by Gasteiger charge is -2.24. The molecule has 94 valence electrons. The van der Waals surface area contributed by atoms with Crippen LogP contribution in [0.15, 0.2) is 58.4 Å². The molecule has 0 N–H and O–H groups in total. The van der Waals surface area contributed by atoms with Gasteiger partial charge in [0.05, 0.1) is 4.90 Å². The smallest absolute Gasteiger partial charge is 0.202 e. The first-order valence-electron chi connectivity index (χ1n) is 6.34. The van der Waals surface area contributed by atoms with Crippen LogP contribution in [0.25, 0.3) is 0 Å². The van der Waals surface area contributed by atoms with Crippen LogP contribution in [0.4, 0.5) is 0 Å². The van der Waals surface area contributed by atoms with Gasteiger partial charge >= 0.3 is 0 Å². The van der Waals surface area contributed by atoms with Gasteiger partial charge in [0.25, 0.3) is 0 Å². The van der Waals surface area contributed by atoms with Crippen molar-refractivity contribution in [3.05, 3.63) is 53.5 Å². The Labute approximate surface area is 108 Å². The van der Waals surface area contributed by atoms with Gasteiger partial charge in [-0.15, -0.1) is 0 Å². The minimum Gasteiger partial charge on any atom is -0.219 e. The largest absolute Gasteiger partial charge is 0.219 e. The van der Waals surface area contributed by atoms with E-state index in [4.69, 9.17) is 0 Å². The maximum atomic E-state index is 12.5. The van der Waals surface area contributed by atoms with E-state index in [1.807, 2.05) is 12.1 Å². The lowest BCUT2D eigenvalue weighted by atomic mass is 9.85. The van der Waals surface area contributed by atoms with Crippen molar-refractivity contribution < 1.29 is 8.42 Å². The molecule has 0 heterocycles. The molecule has 18 heavy (non-hydrogen) atoms. The van der Waals surface area contributed by atoms with Gasteiger partial charge in [0, 0.05) is 4.91 Å². The first-order valence-corrected chi connectivity index (χ1v) is 7.82. The van der Waals surface area contributed by atoms with Crippen LogP contribution in [0.3, 0.4) is 0 Å². The molecule has 2 unspecified atom stereocenters. The predicted molar refractivity (Wildman–Crippen MR) is 71.7 cm³/mol. The van der Waals surface area contributed by atoms with Crippen molar-refractivity contribution in [2.45, 2.75) is 24.2 Å². The molecule has 0 radical (unpaired) electrons. The lowest BCUT2D eigenvalue weighted by Crippen LogP contribution is -2.18. The first kappa shape index (κ1) is 11.7. The highest BCUT2D eigenvalue weighted by Gasteiger charge is 2.32. The SMILES string of the molecule is O=S(=O)(C1=CCC2C=CCC2C1)c1ccccc1. The van der Waals surface area contributed by atoms with Crippen LogP contribution in [0, 0.1) is 11.8 Å². The highest BCUT2D eigenvalue weighted by Crippen LogP contribution is 2.40. The fourth-order valence-electron chi connectivity index (χ4n) is 2.85. The van der Waals surface area contributed by atoms with Crippen LogP contribution in [-0.2, 0) is 9.84 Å². The average molecular weight is 260 g/mol. The molecular formula is C15H16O2S. The fraction of sp³-hybridized carbons (Fsp3) is 0.333. The van der Waals surface area contributed by atoms with Gasteiger partial charge < -0.3 is 0 Å². The van der Waals surface area contributed by atoms with Crippen LogP contribution in [0.5, 0.6) is 0 Å². The summed E-state index contributed by atoms with van der Waals surface area (Å²) < 4.78 is 25.0. The number of hydrogen-bond acceptors (Lipinski definition) is 2. The van der Waals surface area contributed by atoms with E-state index in [9.17, 15) is 8.42 Å². The third-order valence-electron chi connectivity index (χ3n) is 3.91. The van der Waals surface area contributed by atoms with E-state index in [2.05, 4.69) is 12.2 Å². The van der Waals surface area contributed by atoms with Crippen LogP contribution < -0.4 is 0 Å². The third-order valence-corrected chi connectivity index (χ3v) is 5.82. The zero-order chi connectivity index (χ0) is 12.6. The molecule has 0 saturated carbocycles. The summed E-state index contributed by atoms with van der Waals surface area (Å²) in [5.74, 6) is 1.04. The van der Waals surface area contributed by atoms with Gasteiger partial charge in [-0.25, -0.2) is 8.42 Å². The second kappa shape index (κ2) is 4.39. The van der Waals surface area contributed by atoms with Gasteiger partial charge in [-0.2, -0.15) is 0 Å². The molecule has 0 aromatic heterocycles. The number of benzene rings is 1. The quantitative estimate of drug-likeness (QED) is 0.764. The van der Waals surface area contributed by atoms with E-state index in [1.165, 1.54) is 0 Å².